The lowest BCUT2D eigenvalue weighted by Crippen LogP contribution is -1.85. The van der Waals surface area contributed by atoms with Crippen LogP contribution >= 0.6 is 11.8 Å². The predicted molar refractivity (Wildman–Crippen MR) is 64.3 cm³/mol. The second-order valence-electron chi connectivity index (χ2n) is 3.49. The minimum atomic E-state index is 1.05. The average molecular weight is 215 g/mol. The van der Waals surface area contributed by atoms with Crippen LogP contribution in [0.4, 0.5) is 0 Å². The van der Waals surface area contributed by atoms with Crippen molar-refractivity contribution in [3.05, 3.63) is 53.7 Å². The van der Waals surface area contributed by atoms with Gasteiger partial charge in [0.25, 0.3) is 0 Å². The van der Waals surface area contributed by atoms with Crippen LogP contribution in [-0.4, -0.2) is 4.98 Å². The normalized spacial score (nSPS) is 10.3. The maximum Gasteiger partial charge on any atom is 0.101 e. The summed E-state index contributed by atoms with van der Waals surface area (Å²) < 4.78 is 0. The number of hydrogen-bond donors (Lipinski definition) is 0. The van der Waals surface area contributed by atoms with E-state index in [9.17, 15) is 0 Å². The van der Waals surface area contributed by atoms with Crippen molar-refractivity contribution in [2.45, 2.75) is 23.8 Å². The highest BCUT2D eigenvalue weighted by Crippen LogP contribution is 2.31. The molecule has 15 heavy (non-hydrogen) atoms. The van der Waals surface area contributed by atoms with Crippen LogP contribution in [0.1, 0.15) is 11.1 Å². The van der Waals surface area contributed by atoms with Gasteiger partial charge in [-0.1, -0.05) is 36.0 Å². The summed E-state index contributed by atoms with van der Waals surface area (Å²) in [6.07, 6.45) is 1.83. The number of pyridine rings is 1. The third-order valence-electron chi connectivity index (χ3n) is 2.25. The molecule has 0 N–H and O–H groups in total. The van der Waals surface area contributed by atoms with E-state index in [1.54, 1.807) is 11.8 Å². The van der Waals surface area contributed by atoms with E-state index in [2.05, 4.69) is 37.0 Å². The highest BCUT2D eigenvalue weighted by atomic mass is 32.2. The number of aromatic nitrogens is 1. The maximum atomic E-state index is 4.32. The summed E-state index contributed by atoms with van der Waals surface area (Å²) in [6, 6.07) is 12.4. The summed E-state index contributed by atoms with van der Waals surface area (Å²) in [5, 5.41) is 1.05. The molecular weight excluding hydrogens is 202 g/mol. The molecule has 1 aromatic heterocycles. The van der Waals surface area contributed by atoms with Crippen molar-refractivity contribution in [3.63, 3.8) is 0 Å². The Morgan fingerprint density at radius 1 is 0.933 bits per heavy atom. The van der Waals surface area contributed by atoms with E-state index in [-0.39, 0.29) is 0 Å². The van der Waals surface area contributed by atoms with Crippen molar-refractivity contribution in [2.75, 3.05) is 0 Å². The molecule has 1 heterocycles. The molecule has 1 nitrogen and oxygen atoms in total. The number of hydrogen-bond acceptors (Lipinski definition) is 2. The van der Waals surface area contributed by atoms with Gasteiger partial charge in [0.1, 0.15) is 5.03 Å². The second kappa shape index (κ2) is 4.49. The highest BCUT2D eigenvalue weighted by Gasteiger charge is 2.04. The van der Waals surface area contributed by atoms with E-state index < -0.39 is 0 Å². The van der Waals surface area contributed by atoms with Crippen LogP contribution in [0, 0.1) is 13.8 Å². The van der Waals surface area contributed by atoms with Gasteiger partial charge in [-0.15, -0.1) is 0 Å². The van der Waals surface area contributed by atoms with E-state index >= 15 is 0 Å². The Bertz CT molecular complexity index is 431. The quantitative estimate of drug-likeness (QED) is 0.754. The Labute approximate surface area is 94.6 Å². The zero-order valence-corrected chi connectivity index (χ0v) is 9.71. The molecule has 76 valence electrons. The first-order valence-electron chi connectivity index (χ1n) is 4.92. The molecule has 0 amide bonds. The largest absolute Gasteiger partial charge is 0.250 e. The molecule has 0 unspecified atom stereocenters. The molecule has 1 aromatic carbocycles. The average Bonchev–Trinajstić information content (AvgIpc) is 2.25. The van der Waals surface area contributed by atoms with E-state index in [0.29, 0.717) is 0 Å². The first-order valence-corrected chi connectivity index (χ1v) is 5.74. The van der Waals surface area contributed by atoms with Gasteiger partial charge in [0.2, 0.25) is 0 Å². The van der Waals surface area contributed by atoms with Crippen LogP contribution < -0.4 is 0 Å². The fourth-order valence-electron chi connectivity index (χ4n) is 1.47. The third-order valence-corrected chi connectivity index (χ3v) is 3.55. The summed E-state index contributed by atoms with van der Waals surface area (Å²) in [5.74, 6) is 0. The molecule has 0 spiro atoms. The lowest BCUT2D eigenvalue weighted by molar-refractivity contribution is 1.12. The van der Waals surface area contributed by atoms with Gasteiger partial charge in [-0.05, 0) is 37.1 Å². The Hall–Kier alpha value is -1.28. The van der Waals surface area contributed by atoms with Crippen LogP contribution in [0.2, 0.25) is 0 Å². The maximum absolute atomic E-state index is 4.32. The van der Waals surface area contributed by atoms with Crippen molar-refractivity contribution < 1.29 is 0 Å². The van der Waals surface area contributed by atoms with Gasteiger partial charge < -0.3 is 0 Å². The van der Waals surface area contributed by atoms with Crippen LogP contribution in [0.15, 0.2) is 52.5 Å². The Morgan fingerprint density at radius 3 is 2.27 bits per heavy atom. The number of nitrogens with zero attached hydrogens (tertiary/aromatic N) is 1. The van der Waals surface area contributed by atoms with Gasteiger partial charge in [0.05, 0.1) is 0 Å². The zero-order valence-electron chi connectivity index (χ0n) is 8.90. The molecule has 0 aliphatic heterocycles. The molecule has 0 aliphatic carbocycles. The molecule has 0 fully saturated rings. The van der Waals surface area contributed by atoms with E-state index in [4.69, 9.17) is 0 Å². The van der Waals surface area contributed by atoms with Gasteiger partial charge in [-0.25, -0.2) is 4.98 Å². The fraction of sp³-hybridized carbons (Fsp3) is 0.154. The van der Waals surface area contributed by atoms with Crippen LogP contribution in [-0.2, 0) is 0 Å². The molecule has 0 aliphatic rings. The number of benzene rings is 1. The summed E-state index contributed by atoms with van der Waals surface area (Å²) in [4.78, 5) is 5.64. The SMILES string of the molecule is Cc1cccc(C)c1Sc1ccccn1. The Balaban J connectivity index is 2.32. The van der Waals surface area contributed by atoms with Crippen LogP contribution in [0.25, 0.3) is 0 Å². The van der Waals surface area contributed by atoms with Crippen molar-refractivity contribution >= 4 is 11.8 Å². The van der Waals surface area contributed by atoms with Gasteiger partial charge in [-0.2, -0.15) is 0 Å². The standard InChI is InChI=1S/C13H13NS/c1-10-6-5-7-11(2)13(10)15-12-8-3-4-9-14-12/h3-9H,1-2H3. The fourth-order valence-corrected chi connectivity index (χ4v) is 2.40. The van der Waals surface area contributed by atoms with Crippen LogP contribution in [0.5, 0.6) is 0 Å². The molecule has 0 saturated heterocycles. The van der Waals surface area contributed by atoms with Gasteiger partial charge >= 0.3 is 0 Å². The van der Waals surface area contributed by atoms with E-state index in [0.717, 1.165) is 5.03 Å². The molecule has 2 aromatic rings. The lowest BCUT2D eigenvalue weighted by Gasteiger charge is -2.07. The minimum Gasteiger partial charge on any atom is -0.250 e. The molecular formula is C13H13NS. The number of rotatable bonds is 2. The minimum absolute atomic E-state index is 1.05. The van der Waals surface area contributed by atoms with E-state index in [1.165, 1.54) is 16.0 Å². The zero-order chi connectivity index (χ0) is 10.7. The number of aryl methyl sites for hydroxylation is 2. The summed E-state index contributed by atoms with van der Waals surface area (Å²) in [7, 11) is 0. The van der Waals surface area contributed by atoms with Crippen molar-refractivity contribution in [1.29, 1.82) is 0 Å². The smallest absolute Gasteiger partial charge is 0.101 e. The third kappa shape index (κ3) is 2.39. The monoisotopic (exact) mass is 215 g/mol. The Kier molecular flexibility index (Phi) is 3.07. The van der Waals surface area contributed by atoms with E-state index in [1.807, 2.05) is 24.4 Å². The first-order chi connectivity index (χ1) is 7.27. The molecule has 0 atom stereocenters. The van der Waals surface area contributed by atoms with Gasteiger partial charge in [0, 0.05) is 11.1 Å². The first kappa shape index (κ1) is 10.2. The molecule has 0 saturated carbocycles. The molecule has 0 radical (unpaired) electrons. The molecule has 2 rings (SSSR count). The van der Waals surface area contributed by atoms with Crippen LogP contribution in [0.3, 0.4) is 0 Å². The van der Waals surface area contributed by atoms with Gasteiger partial charge in [-0.3, -0.25) is 0 Å². The second-order valence-corrected chi connectivity index (χ2v) is 4.52. The van der Waals surface area contributed by atoms with Crippen molar-refractivity contribution in [2.24, 2.45) is 0 Å². The topological polar surface area (TPSA) is 12.9 Å². The molecule has 0 bridgehead atoms. The lowest BCUT2D eigenvalue weighted by atomic mass is 10.2. The summed E-state index contributed by atoms with van der Waals surface area (Å²) in [6.45, 7) is 4.27. The molecule has 2 heteroatoms. The van der Waals surface area contributed by atoms with Crippen molar-refractivity contribution in [1.82, 2.24) is 4.98 Å². The highest BCUT2D eigenvalue weighted by molar-refractivity contribution is 7.99. The summed E-state index contributed by atoms with van der Waals surface area (Å²) in [5.41, 5.74) is 2.62. The van der Waals surface area contributed by atoms with Gasteiger partial charge in [0.15, 0.2) is 0 Å². The summed E-state index contributed by atoms with van der Waals surface area (Å²) >= 11 is 1.73. The Morgan fingerprint density at radius 2 is 1.67 bits per heavy atom. The predicted octanol–water partition coefficient (Wildman–Crippen LogP) is 3.85. The van der Waals surface area contributed by atoms with Crippen molar-refractivity contribution in [3.8, 4) is 0 Å².